The lowest BCUT2D eigenvalue weighted by Gasteiger charge is -2.10. The van der Waals surface area contributed by atoms with Crippen molar-refractivity contribution in [3.8, 4) is 0 Å². The summed E-state index contributed by atoms with van der Waals surface area (Å²) in [4.78, 5) is 37.5. The summed E-state index contributed by atoms with van der Waals surface area (Å²) in [7, 11) is 0. The maximum Gasteiger partial charge on any atom is 0.348 e. The van der Waals surface area contributed by atoms with Crippen LogP contribution in [-0.2, 0) is 9.47 Å². The van der Waals surface area contributed by atoms with Gasteiger partial charge in [-0.1, -0.05) is 34.8 Å². The van der Waals surface area contributed by atoms with Gasteiger partial charge >= 0.3 is 11.9 Å². The van der Waals surface area contributed by atoms with Crippen LogP contribution in [0.4, 0.5) is 5.00 Å². The lowest BCUT2D eigenvalue weighted by molar-refractivity contribution is 0.0527. The molecule has 1 aromatic carbocycles. The molecule has 0 aliphatic carbocycles. The largest absolute Gasteiger partial charge is 0.462 e. The monoisotopic (exact) mass is 463 g/mol. The van der Waals surface area contributed by atoms with Crippen molar-refractivity contribution in [2.24, 2.45) is 0 Å². The number of thiophene rings is 1. The molecule has 0 saturated heterocycles. The Bertz CT molecular complexity index is 942. The van der Waals surface area contributed by atoms with Gasteiger partial charge < -0.3 is 14.8 Å². The van der Waals surface area contributed by atoms with E-state index in [1.54, 1.807) is 20.8 Å². The molecule has 0 aliphatic heterocycles. The van der Waals surface area contributed by atoms with Crippen LogP contribution in [0.3, 0.4) is 0 Å². The van der Waals surface area contributed by atoms with Gasteiger partial charge in [0.05, 0.1) is 39.4 Å². The molecule has 0 saturated carbocycles. The van der Waals surface area contributed by atoms with Crippen molar-refractivity contribution in [1.29, 1.82) is 0 Å². The van der Waals surface area contributed by atoms with Gasteiger partial charge in [-0.15, -0.1) is 11.3 Å². The van der Waals surface area contributed by atoms with Crippen LogP contribution in [0, 0.1) is 6.92 Å². The van der Waals surface area contributed by atoms with Crippen LogP contribution in [-0.4, -0.2) is 31.1 Å². The molecule has 1 heterocycles. The second-order valence-corrected chi connectivity index (χ2v) is 7.59. The van der Waals surface area contributed by atoms with E-state index in [9.17, 15) is 14.4 Å². The molecule has 2 aromatic rings. The van der Waals surface area contributed by atoms with Crippen molar-refractivity contribution in [2.45, 2.75) is 20.8 Å². The maximum atomic E-state index is 12.8. The highest BCUT2D eigenvalue weighted by Crippen LogP contribution is 2.36. The molecule has 150 valence electrons. The minimum atomic E-state index is -0.681. The van der Waals surface area contributed by atoms with E-state index in [0.717, 1.165) is 11.3 Å². The van der Waals surface area contributed by atoms with Crippen molar-refractivity contribution in [2.75, 3.05) is 18.5 Å². The van der Waals surface area contributed by atoms with E-state index in [0.29, 0.717) is 5.56 Å². The third-order valence-electron chi connectivity index (χ3n) is 3.59. The van der Waals surface area contributed by atoms with E-state index in [-0.39, 0.29) is 49.3 Å². The Labute approximate surface area is 180 Å². The zero-order valence-electron chi connectivity index (χ0n) is 15.2. The molecule has 0 bridgehead atoms. The van der Waals surface area contributed by atoms with Gasteiger partial charge in [0.25, 0.3) is 5.91 Å². The molecule has 0 radical (unpaired) electrons. The van der Waals surface area contributed by atoms with E-state index in [1.165, 1.54) is 12.1 Å². The fourth-order valence-electron chi connectivity index (χ4n) is 2.34. The van der Waals surface area contributed by atoms with E-state index in [1.807, 2.05) is 0 Å². The zero-order valence-corrected chi connectivity index (χ0v) is 18.2. The molecule has 0 unspecified atom stereocenters. The van der Waals surface area contributed by atoms with E-state index >= 15 is 0 Å². The number of ether oxygens (including phenoxy) is 2. The van der Waals surface area contributed by atoms with E-state index < -0.39 is 17.8 Å². The van der Waals surface area contributed by atoms with Crippen LogP contribution in [0.1, 0.15) is 49.8 Å². The van der Waals surface area contributed by atoms with Crippen molar-refractivity contribution < 1.29 is 23.9 Å². The SMILES string of the molecule is CCOC(=O)c1sc(NC(=O)c2c(Cl)ccc(Cl)c2Cl)c(C(=O)OCC)c1C. The highest BCUT2D eigenvalue weighted by molar-refractivity contribution is 7.18. The number of carbonyl (C=O) groups excluding carboxylic acids is 3. The molecular formula is C18H16Cl3NO5S. The quantitative estimate of drug-likeness (QED) is 0.443. The Balaban J connectivity index is 2.51. The van der Waals surface area contributed by atoms with Gasteiger partial charge in [-0.05, 0) is 38.5 Å². The number of hydrogen-bond acceptors (Lipinski definition) is 6. The van der Waals surface area contributed by atoms with Crippen LogP contribution < -0.4 is 5.32 Å². The average Bonchev–Trinajstić information content (AvgIpc) is 2.95. The highest BCUT2D eigenvalue weighted by Gasteiger charge is 2.28. The van der Waals surface area contributed by atoms with Crippen LogP contribution in [0.2, 0.25) is 15.1 Å². The number of benzene rings is 1. The molecule has 0 atom stereocenters. The molecular weight excluding hydrogens is 449 g/mol. The van der Waals surface area contributed by atoms with Gasteiger partial charge in [0, 0.05) is 0 Å². The lowest BCUT2D eigenvalue weighted by Crippen LogP contribution is -2.16. The summed E-state index contributed by atoms with van der Waals surface area (Å²) >= 11 is 19.0. The summed E-state index contributed by atoms with van der Waals surface area (Å²) in [5, 5.41) is 2.91. The third kappa shape index (κ3) is 4.60. The molecule has 0 fully saturated rings. The first-order valence-electron chi connectivity index (χ1n) is 8.15. The number of rotatable bonds is 6. The molecule has 1 aromatic heterocycles. The summed E-state index contributed by atoms with van der Waals surface area (Å²) in [6.45, 7) is 5.18. The first-order valence-corrected chi connectivity index (χ1v) is 10.1. The van der Waals surface area contributed by atoms with Crippen molar-refractivity contribution in [1.82, 2.24) is 0 Å². The smallest absolute Gasteiger partial charge is 0.348 e. The first-order chi connectivity index (χ1) is 13.2. The lowest BCUT2D eigenvalue weighted by atomic mass is 10.1. The Hall–Kier alpha value is -1.80. The van der Waals surface area contributed by atoms with Gasteiger partial charge in [-0.25, -0.2) is 9.59 Å². The molecule has 10 heteroatoms. The second kappa shape index (κ2) is 9.60. The van der Waals surface area contributed by atoms with Gasteiger partial charge in [-0.2, -0.15) is 0 Å². The van der Waals surface area contributed by atoms with Crippen LogP contribution in [0.5, 0.6) is 0 Å². The van der Waals surface area contributed by atoms with Crippen molar-refractivity contribution >= 4 is 69.0 Å². The zero-order chi connectivity index (χ0) is 21.0. The topological polar surface area (TPSA) is 81.7 Å². The summed E-state index contributed by atoms with van der Waals surface area (Å²) < 4.78 is 10.1. The Kier molecular flexibility index (Phi) is 7.71. The van der Waals surface area contributed by atoms with E-state index in [4.69, 9.17) is 44.3 Å². The number of esters is 2. The fourth-order valence-corrected chi connectivity index (χ4v) is 4.13. The number of hydrogen-bond donors (Lipinski definition) is 1. The number of amides is 1. The predicted octanol–water partition coefficient (Wildman–Crippen LogP) is 5.62. The minimum Gasteiger partial charge on any atom is -0.462 e. The molecule has 1 amide bonds. The van der Waals surface area contributed by atoms with Gasteiger partial charge in [0.1, 0.15) is 9.88 Å². The Morgan fingerprint density at radius 1 is 0.964 bits per heavy atom. The predicted molar refractivity (Wildman–Crippen MR) is 110 cm³/mol. The fraction of sp³-hybridized carbons (Fsp3) is 0.278. The first kappa shape index (κ1) is 22.5. The Morgan fingerprint density at radius 2 is 1.54 bits per heavy atom. The summed E-state index contributed by atoms with van der Waals surface area (Å²) in [6, 6.07) is 2.89. The second-order valence-electron chi connectivity index (χ2n) is 5.37. The number of halogens is 3. The standard InChI is InChI=1S/C18H16Cl3NO5S/c1-4-26-17(24)11-8(3)14(18(25)27-5-2)28-16(11)22-15(23)12-9(19)6-7-10(20)13(12)21/h6-7H,4-5H2,1-3H3,(H,22,23). The summed E-state index contributed by atoms with van der Waals surface area (Å²) in [5.74, 6) is -1.96. The molecule has 0 spiro atoms. The Morgan fingerprint density at radius 3 is 2.14 bits per heavy atom. The van der Waals surface area contributed by atoms with Gasteiger partial charge in [0.15, 0.2) is 0 Å². The van der Waals surface area contributed by atoms with Crippen molar-refractivity contribution in [3.05, 3.63) is 48.8 Å². The highest BCUT2D eigenvalue weighted by atomic mass is 35.5. The summed E-state index contributed by atoms with van der Waals surface area (Å²) in [5.41, 5.74) is 0.368. The van der Waals surface area contributed by atoms with Gasteiger partial charge in [0.2, 0.25) is 0 Å². The average molecular weight is 465 g/mol. The molecule has 0 aliphatic rings. The van der Waals surface area contributed by atoms with Crippen LogP contribution in [0.15, 0.2) is 12.1 Å². The number of anilines is 1. The van der Waals surface area contributed by atoms with E-state index in [2.05, 4.69) is 5.32 Å². The minimum absolute atomic E-state index is 0.0248. The maximum absolute atomic E-state index is 12.8. The summed E-state index contributed by atoms with van der Waals surface area (Å²) in [6.07, 6.45) is 0. The van der Waals surface area contributed by atoms with Crippen LogP contribution in [0.25, 0.3) is 0 Å². The van der Waals surface area contributed by atoms with Crippen molar-refractivity contribution in [3.63, 3.8) is 0 Å². The molecule has 2 rings (SSSR count). The number of carbonyl (C=O) groups is 3. The normalized spacial score (nSPS) is 10.5. The molecule has 28 heavy (non-hydrogen) atoms. The molecule has 6 nitrogen and oxygen atoms in total. The molecule has 1 N–H and O–H groups in total. The number of nitrogens with one attached hydrogen (secondary N) is 1. The van der Waals surface area contributed by atoms with Crippen LogP contribution >= 0.6 is 46.1 Å². The third-order valence-corrected chi connectivity index (χ3v) is 5.89. The van der Waals surface area contributed by atoms with Gasteiger partial charge in [-0.3, -0.25) is 4.79 Å².